The summed E-state index contributed by atoms with van der Waals surface area (Å²) in [7, 11) is 0. The average Bonchev–Trinajstić information content (AvgIpc) is 3.24. The third-order valence-electron chi connectivity index (χ3n) is 5.18. The summed E-state index contributed by atoms with van der Waals surface area (Å²) < 4.78 is 13.1. The molecule has 2 aliphatic rings. The van der Waals surface area contributed by atoms with Crippen LogP contribution in [0.15, 0.2) is 36.7 Å². The highest BCUT2D eigenvalue weighted by molar-refractivity contribution is 5.90. The van der Waals surface area contributed by atoms with Gasteiger partial charge in [-0.15, -0.1) is 0 Å². The number of benzene rings is 1. The topological polar surface area (TPSA) is 71.9 Å². The Balaban J connectivity index is 1.39. The van der Waals surface area contributed by atoms with E-state index in [0.29, 0.717) is 19.7 Å². The fourth-order valence-corrected chi connectivity index (χ4v) is 3.56. The van der Waals surface area contributed by atoms with E-state index in [1.54, 1.807) is 4.90 Å². The van der Waals surface area contributed by atoms with E-state index in [1.807, 2.05) is 42.2 Å². The molecule has 1 N–H and O–H groups in total. The molecule has 1 aromatic heterocycles. The molecule has 0 radical (unpaired) electrons. The van der Waals surface area contributed by atoms with Crippen molar-refractivity contribution in [1.82, 2.24) is 14.7 Å². The number of morpholine rings is 2. The molecule has 0 bridgehead atoms. The quantitative estimate of drug-likeness (QED) is 0.875. The van der Waals surface area contributed by atoms with Gasteiger partial charge in [0.05, 0.1) is 32.6 Å². The standard InChI is InChI=1S/C20H27N5O3/c1-2-25-14-16(13-21-25)19-15-24(8-11-28-19)20(26)22-17-4-3-5-18(12-17)23-6-9-27-10-7-23/h3-5,12-14,19H,2,6-11,15H2,1H3,(H,22,26)/t19-/m0/s1. The van der Waals surface area contributed by atoms with E-state index in [-0.39, 0.29) is 12.1 Å². The number of nitrogens with zero attached hydrogens (tertiary/aromatic N) is 4. The van der Waals surface area contributed by atoms with Crippen LogP contribution in [0.4, 0.5) is 16.2 Å². The summed E-state index contributed by atoms with van der Waals surface area (Å²) in [6.45, 7) is 7.68. The Kier molecular flexibility index (Phi) is 5.78. The molecule has 2 amide bonds. The van der Waals surface area contributed by atoms with Crippen LogP contribution in [0, 0.1) is 0 Å². The first-order valence-corrected chi connectivity index (χ1v) is 9.85. The molecule has 28 heavy (non-hydrogen) atoms. The largest absolute Gasteiger partial charge is 0.378 e. The van der Waals surface area contributed by atoms with Gasteiger partial charge in [-0.1, -0.05) is 6.07 Å². The fourth-order valence-electron chi connectivity index (χ4n) is 3.56. The number of carbonyl (C=O) groups is 1. The molecule has 2 aromatic rings. The summed E-state index contributed by atoms with van der Waals surface area (Å²) in [5, 5.41) is 7.34. The van der Waals surface area contributed by atoms with Crippen LogP contribution in [0.3, 0.4) is 0 Å². The van der Waals surface area contributed by atoms with E-state index in [9.17, 15) is 4.79 Å². The lowest BCUT2D eigenvalue weighted by Crippen LogP contribution is -2.44. The van der Waals surface area contributed by atoms with Crippen LogP contribution in [0.25, 0.3) is 0 Å². The molecule has 0 spiro atoms. The first-order chi connectivity index (χ1) is 13.7. The van der Waals surface area contributed by atoms with Gasteiger partial charge in [0.1, 0.15) is 6.10 Å². The fraction of sp³-hybridized carbons (Fsp3) is 0.500. The Morgan fingerprint density at radius 2 is 2.11 bits per heavy atom. The van der Waals surface area contributed by atoms with Crippen LogP contribution in [-0.4, -0.2) is 66.7 Å². The van der Waals surface area contributed by atoms with Gasteiger partial charge < -0.3 is 24.6 Å². The molecule has 1 atom stereocenters. The number of carbonyl (C=O) groups excluding carboxylic acids is 1. The number of aromatic nitrogens is 2. The maximum atomic E-state index is 12.8. The monoisotopic (exact) mass is 385 g/mol. The van der Waals surface area contributed by atoms with E-state index in [4.69, 9.17) is 9.47 Å². The number of ether oxygens (including phenoxy) is 2. The SMILES string of the molecule is CCn1cc([C@@H]2CN(C(=O)Nc3cccc(N4CCOCC4)c3)CCO2)cn1. The van der Waals surface area contributed by atoms with Crippen molar-refractivity contribution in [1.29, 1.82) is 0 Å². The van der Waals surface area contributed by atoms with Crippen LogP contribution in [0.5, 0.6) is 0 Å². The molecule has 1 aromatic carbocycles. The van der Waals surface area contributed by atoms with Crippen LogP contribution in [-0.2, 0) is 16.0 Å². The van der Waals surface area contributed by atoms with Gasteiger partial charge in [0.15, 0.2) is 0 Å². The molecule has 0 unspecified atom stereocenters. The maximum absolute atomic E-state index is 12.8. The van der Waals surface area contributed by atoms with Gasteiger partial charge in [-0.05, 0) is 25.1 Å². The van der Waals surface area contributed by atoms with E-state index in [1.165, 1.54) is 0 Å². The Morgan fingerprint density at radius 3 is 2.89 bits per heavy atom. The molecule has 8 heteroatoms. The normalized spacial score (nSPS) is 20.2. The number of amides is 2. The first kappa shape index (κ1) is 18.8. The van der Waals surface area contributed by atoms with Gasteiger partial charge in [-0.3, -0.25) is 4.68 Å². The predicted octanol–water partition coefficient (Wildman–Crippen LogP) is 2.35. The number of hydrogen-bond acceptors (Lipinski definition) is 5. The first-order valence-electron chi connectivity index (χ1n) is 9.85. The van der Waals surface area contributed by atoms with Crippen molar-refractivity contribution in [3.8, 4) is 0 Å². The molecule has 2 aliphatic heterocycles. The molecule has 150 valence electrons. The third kappa shape index (κ3) is 4.28. The highest BCUT2D eigenvalue weighted by Crippen LogP contribution is 2.24. The van der Waals surface area contributed by atoms with Crippen LogP contribution >= 0.6 is 0 Å². The lowest BCUT2D eigenvalue weighted by molar-refractivity contribution is -0.0135. The van der Waals surface area contributed by atoms with Crippen molar-refractivity contribution in [2.45, 2.75) is 19.6 Å². The highest BCUT2D eigenvalue weighted by Gasteiger charge is 2.26. The molecular formula is C20H27N5O3. The molecule has 3 heterocycles. The van der Waals surface area contributed by atoms with E-state index in [2.05, 4.69) is 21.4 Å². The second-order valence-corrected chi connectivity index (χ2v) is 7.01. The van der Waals surface area contributed by atoms with E-state index in [0.717, 1.165) is 49.8 Å². The van der Waals surface area contributed by atoms with Crippen molar-refractivity contribution >= 4 is 17.4 Å². The minimum absolute atomic E-state index is 0.102. The van der Waals surface area contributed by atoms with Crippen LogP contribution in [0.1, 0.15) is 18.6 Å². The summed E-state index contributed by atoms with van der Waals surface area (Å²) in [6.07, 6.45) is 3.67. The number of anilines is 2. The van der Waals surface area contributed by atoms with E-state index >= 15 is 0 Å². The van der Waals surface area contributed by atoms with Crippen molar-refractivity contribution < 1.29 is 14.3 Å². The summed E-state index contributed by atoms with van der Waals surface area (Å²) in [5.41, 5.74) is 2.91. The van der Waals surface area contributed by atoms with Crippen LogP contribution < -0.4 is 10.2 Å². The van der Waals surface area contributed by atoms with Crippen molar-refractivity contribution in [3.05, 3.63) is 42.2 Å². The number of hydrogen-bond donors (Lipinski definition) is 1. The highest BCUT2D eigenvalue weighted by atomic mass is 16.5. The molecular weight excluding hydrogens is 358 g/mol. The summed E-state index contributed by atoms with van der Waals surface area (Å²) in [6, 6.07) is 7.88. The number of urea groups is 1. The minimum atomic E-state index is -0.139. The maximum Gasteiger partial charge on any atom is 0.322 e. The van der Waals surface area contributed by atoms with Crippen LogP contribution in [0.2, 0.25) is 0 Å². The van der Waals surface area contributed by atoms with Crippen molar-refractivity contribution in [2.75, 3.05) is 56.2 Å². The zero-order valence-electron chi connectivity index (χ0n) is 16.2. The molecule has 0 aliphatic carbocycles. The lowest BCUT2D eigenvalue weighted by Gasteiger charge is -2.33. The zero-order valence-corrected chi connectivity index (χ0v) is 16.2. The zero-order chi connectivity index (χ0) is 19.3. The van der Waals surface area contributed by atoms with Gasteiger partial charge in [0, 0.05) is 49.3 Å². The average molecular weight is 385 g/mol. The van der Waals surface area contributed by atoms with Gasteiger partial charge in [-0.2, -0.15) is 5.10 Å². The molecule has 8 nitrogen and oxygen atoms in total. The van der Waals surface area contributed by atoms with Gasteiger partial charge in [0.2, 0.25) is 0 Å². The number of rotatable bonds is 4. The number of nitrogens with one attached hydrogen (secondary N) is 1. The summed E-state index contributed by atoms with van der Waals surface area (Å²) >= 11 is 0. The van der Waals surface area contributed by atoms with Gasteiger partial charge in [0.25, 0.3) is 0 Å². The lowest BCUT2D eigenvalue weighted by atomic mass is 10.1. The Bertz CT molecular complexity index is 803. The third-order valence-corrected chi connectivity index (χ3v) is 5.18. The minimum Gasteiger partial charge on any atom is -0.378 e. The van der Waals surface area contributed by atoms with Gasteiger partial charge >= 0.3 is 6.03 Å². The Labute approximate surface area is 165 Å². The Hall–Kier alpha value is -2.58. The van der Waals surface area contributed by atoms with E-state index < -0.39 is 0 Å². The van der Waals surface area contributed by atoms with Gasteiger partial charge in [-0.25, -0.2) is 4.79 Å². The smallest absolute Gasteiger partial charge is 0.322 e. The van der Waals surface area contributed by atoms with Crippen molar-refractivity contribution in [2.24, 2.45) is 0 Å². The molecule has 0 saturated carbocycles. The summed E-state index contributed by atoms with van der Waals surface area (Å²) in [4.78, 5) is 16.9. The Morgan fingerprint density at radius 1 is 1.25 bits per heavy atom. The predicted molar refractivity (Wildman–Crippen MR) is 107 cm³/mol. The van der Waals surface area contributed by atoms with Crippen molar-refractivity contribution in [3.63, 3.8) is 0 Å². The molecule has 2 fully saturated rings. The molecule has 4 rings (SSSR count). The summed E-state index contributed by atoms with van der Waals surface area (Å²) in [5.74, 6) is 0. The molecule has 2 saturated heterocycles. The second-order valence-electron chi connectivity index (χ2n) is 7.01. The number of aryl methyl sites for hydroxylation is 1. The second kappa shape index (κ2) is 8.62.